The van der Waals surface area contributed by atoms with Crippen LogP contribution in [0.2, 0.25) is 0 Å². The quantitative estimate of drug-likeness (QED) is 0.303. The molecule has 0 N–H and O–H groups in total. The van der Waals surface area contributed by atoms with Crippen molar-refractivity contribution in [1.29, 1.82) is 0 Å². The lowest BCUT2D eigenvalue weighted by atomic mass is 9.96. The van der Waals surface area contributed by atoms with E-state index in [1.54, 1.807) is 0 Å². The zero-order chi connectivity index (χ0) is 17.6. The average Bonchev–Trinajstić information content (AvgIpc) is 2.54. The molecule has 140 valence electrons. The predicted octanol–water partition coefficient (Wildman–Crippen LogP) is 6.39. The van der Waals surface area contributed by atoms with Crippen molar-refractivity contribution < 1.29 is 8.42 Å². The van der Waals surface area contributed by atoms with Gasteiger partial charge in [0.15, 0.2) is 0 Å². The molecule has 2 unspecified atom stereocenters. The molecular formula is C20H42O2S. The highest BCUT2D eigenvalue weighted by Crippen LogP contribution is 2.21. The van der Waals surface area contributed by atoms with Crippen LogP contribution in [0.3, 0.4) is 0 Å². The SMILES string of the molecule is CCCCCC(CC)CCS(=O)(=O)CCC(CC)CCCCC. The Morgan fingerprint density at radius 3 is 1.30 bits per heavy atom. The van der Waals surface area contributed by atoms with Crippen LogP contribution < -0.4 is 0 Å². The lowest BCUT2D eigenvalue weighted by molar-refractivity contribution is 0.424. The molecule has 0 spiro atoms. The Bertz CT molecular complexity index is 321. The molecule has 0 aromatic carbocycles. The lowest BCUT2D eigenvalue weighted by Gasteiger charge is -2.17. The molecule has 0 aromatic heterocycles. The van der Waals surface area contributed by atoms with Gasteiger partial charge in [-0.2, -0.15) is 0 Å². The average molecular weight is 347 g/mol. The van der Waals surface area contributed by atoms with Crippen LogP contribution in [0.1, 0.15) is 105 Å². The first-order chi connectivity index (χ1) is 11.0. The zero-order valence-electron chi connectivity index (χ0n) is 16.3. The highest BCUT2D eigenvalue weighted by atomic mass is 32.2. The molecule has 3 heteroatoms. The van der Waals surface area contributed by atoms with E-state index in [9.17, 15) is 8.42 Å². The highest BCUT2D eigenvalue weighted by Gasteiger charge is 2.17. The Balaban J connectivity index is 4.10. The third kappa shape index (κ3) is 13.0. The summed E-state index contributed by atoms with van der Waals surface area (Å²) in [6, 6.07) is 0. The van der Waals surface area contributed by atoms with Crippen molar-refractivity contribution in [1.82, 2.24) is 0 Å². The minimum Gasteiger partial charge on any atom is -0.229 e. The van der Waals surface area contributed by atoms with Crippen molar-refractivity contribution >= 4 is 9.84 Å². The number of sulfone groups is 1. The summed E-state index contributed by atoms with van der Waals surface area (Å²) in [4.78, 5) is 0. The second-order valence-corrected chi connectivity index (χ2v) is 9.57. The standard InChI is InChI=1S/C20H42O2S/c1-5-9-11-13-19(7-3)15-17-23(21,22)18-16-20(8-4)14-12-10-6-2/h19-20H,5-18H2,1-4H3. The fourth-order valence-electron chi connectivity index (χ4n) is 3.27. The summed E-state index contributed by atoms with van der Waals surface area (Å²) in [5.74, 6) is 2.01. The monoisotopic (exact) mass is 346 g/mol. The Morgan fingerprint density at radius 2 is 1.00 bits per heavy atom. The maximum Gasteiger partial charge on any atom is 0.150 e. The van der Waals surface area contributed by atoms with Gasteiger partial charge in [0.25, 0.3) is 0 Å². The Hall–Kier alpha value is -0.0500. The molecule has 0 saturated heterocycles. The second kappa shape index (κ2) is 14.3. The van der Waals surface area contributed by atoms with E-state index in [0.29, 0.717) is 23.3 Å². The molecule has 0 aliphatic carbocycles. The second-order valence-electron chi connectivity index (χ2n) is 7.27. The summed E-state index contributed by atoms with van der Waals surface area (Å²) < 4.78 is 24.7. The molecule has 0 bridgehead atoms. The lowest BCUT2D eigenvalue weighted by Crippen LogP contribution is -2.17. The zero-order valence-corrected chi connectivity index (χ0v) is 17.1. The summed E-state index contributed by atoms with van der Waals surface area (Å²) in [6.45, 7) is 8.83. The molecule has 23 heavy (non-hydrogen) atoms. The Labute approximate surface area is 146 Å². The van der Waals surface area contributed by atoms with Crippen molar-refractivity contribution in [2.45, 2.75) is 105 Å². The van der Waals surface area contributed by atoms with Crippen molar-refractivity contribution in [3.05, 3.63) is 0 Å². The molecule has 0 fully saturated rings. The number of unbranched alkanes of at least 4 members (excludes halogenated alkanes) is 4. The van der Waals surface area contributed by atoms with Gasteiger partial charge < -0.3 is 0 Å². The third-order valence-corrected chi connectivity index (χ3v) is 6.98. The normalized spacial score (nSPS) is 14.8. The van der Waals surface area contributed by atoms with Crippen molar-refractivity contribution in [2.75, 3.05) is 11.5 Å². The van der Waals surface area contributed by atoms with E-state index >= 15 is 0 Å². The minimum absolute atomic E-state index is 0.406. The van der Waals surface area contributed by atoms with E-state index in [-0.39, 0.29) is 0 Å². The van der Waals surface area contributed by atoms with E-state index in [0.717, 1.165) is 25.7 Å². The molecule has 0 radical (unpaired) electrons. The predicted molar refractivity (Wildman–Crippen MR) is 104 cm³/mol. The van der Waals surface area contributed by atoms with Gasteiger partial charge in [-0.15, -0.1) is 0 Å². The van der Waals surface area contributed by atoms with Crippen LogP contribution in [0.25, 0.3) is 0 Å². The fourth-order valence-corrected chi connectivity index (χ4v) is 4.85. The number of hydrogen-bond donors (Lipinski definition) is 0. The summed E-state index contributed by atoms with van der Waals surface area (Å²) >= 11 is 0. The molecule has 0 saturated carbocycles. The molecule has 0 aromatic rings. The van der Waals surface area contributed by atoms with Crippen LogP contribution in [0.4, 0.5) is 0 Å². The van der Waals surface area contributed by atoms with Gasteiger partial charge in [0.1, 0.15) is 9.84 Å². The maximum absolute atomic E-state index is 12.3. The van der Waals surface area contributed by atoms with Crippen LogP contribution in [0.15, 0.2) is 0 Å². The van der Waals surface area contributed by atoms with Crippen LogP contribution >= 0.6 is 0 Å². The van der Waals surface area contributed by atoms with Gasteiger partial charge in [-0.05, 0) is 24.7 Å². The first-order valence-electron chi connectivity index (χ1n) is 10.2. The first-order valence-corrected chi connectivity index (χ1v) is 12.0. The van der Waals surface area contributed by atoms with Crippen LogP contribution in [-0.4, -0.2) is 19.9 Å². The van der Waals surface area contributed by atoms with E-state index in [4.69, 9.17) is 0 Å². The van der Waals surface area contributed by atoms with Crippen molar-refractivity contribution in [2.24, 2.45) is 11.8 Å². The van der Waals surface area contributed by atoms with Gasteiger partial charge in [0, 0.05) is 0 Å². The van der Waals surface area contributed by atoms with Gasteiger partial charge in [-0.1, -0.05) is 91.9 Å². The van der Waals surface area contributed by atoms with E-state index in [1.165, 1.54) is 51.4 Å². The van der Waals surface area contributed by atoms with E-state index in [1.807, 2.05) is 0 Å². The fraction of sp³-hybridized carbons (Fsp3) is 1.00. The molecule has 0 amide bonds. The van der Waals surface area contributed by atoms with Crippen LogP contribution in [0, 0.1) is 11.8 Å². The van der Waals surface area contributed by atoms with Gasteiger partial charge in [-0.25, -0.2) is 8.42 Å². The van der Waals surface area contributed by atoms with Crippen LogP contribution in [-0.2, 0) is 9.84 Å². The van der Waals surface area contributed by atoms with Gasteiger partial charge in [-0.3, -0.25) is 0 Å². The molecular weight excluding hydrogens is 304 g/mol. The van der Waals surface area contributed by atoms with Gasteiger partial charge >= 0.3 is 0 Å². The molecule has 0 rings (SSSR count). The third-order valence-electron chi connectivity index (χ3n) is 5.26. The van der Waals surface area contributed by atoms with Gasteiger partial charge in [0.2, 0.25) is 0 Å². The minimum atomic E-state index is -2.85. The number of hydrogen-bond acceptors (Lipinski definition) is 2. The summed E-state index contributed by atoms with van der Waals surface area (Å²) in [7, 11) is -2.85. The topological polar surface area (TPSA) is 34.1 Å². The molecule has 0 aliphatic heterocycles. The van der Waals surface area contributed by atoms with E-state index < -0.39 is 9.84 Å². The van der Waals surface area contributed by atoms with Crippen LogP contribution in [0.5, 0.6) is 0 Å². The molecule has 0 aliphatic rings. The largest absolute Gasteiger partial charge is 0.229 e. The summed E-state index contributed by atoms with van der Waals surface area (Å²) in [5, 5.41) is 0. The maximum atomic E-state index is 12.3. The number of rotatable bonds is 16. The highest BCUT2D eigenvalue weighted by molar-refractivity contribution is 7.91. The smallest absolute Gasteiger partial charge is 0.150 e. The Kier molecular flexibility index (Phi) is 14.3. The summed E-state index contributed by atoms with van der Waals surface area (Å²) in [6.07, 6.45) is 13.9. The Morgan fingerprint density at radius 1 is 0.609 bits per heavy atom. The van der Waals surface area contributed by atoms with E-state index in [2.05, 4.69) is 27.7 Å². The molecule has 2 nitrogen and oxygen atoms in total. The van der Waals surface area contributed by atoms with Crippen molar-refractivity contribution in [3.63, 3.8) is 0 Å². The van der Waals surface area contributed by atoms with Gasteiger partial charge in [0.05, 0.1) is 11.5 Å². The molecule has 0 heterocycles. The molecule has 2 atom stereocenters. The van der Waals surface area contributed by atoms with Crippen molar-refractivity contribution in [3.8, 4) is 0 Å². The summed E-state index contributed by atoms with van der Waals surface area (Å²) in [5.41, 5.74) is 0. The first kappa shape index (κ1) is 22.9.